The Morgan fingerprint density at radius 2 is 1.95 bits per heavy atom. The molecule has 0 spiro atoms. The van der Waals surface area contributed by atoms with E-state index in [0.29, 0.717) is 5.75 Å². The zero-order valence-electron chi connectivity index (χ0n) is 22.4. The van der Waals surface area contributed by atoms with Crippen molar-refractivity contribution < 1.29 is 33.5 Å². The molecule has 0 aliphatic carbocycles. The van der Waals surface area contributed by atoms with Crippen molar-refractivity contribution in [2.24, 2.45) is 0 Å². The number of aromatic amines is 1. The fourth-order valence-corrected chi connectivity index (χ4v) is 6.77. The Labute approximate surface area is 240 Å². The number of hydrogen-bond donors (Lipinski definition) is 4. The lowest BCUT2D eigenvalue weighted by Gasteiger charge is -2.53. The van der Waals surface area contributed by atoms with Crippen LogP contribution in [0.1, 0.15) is 20.8 Å². The first-order valence-corrected chi connectivity index (χ1v) is 15.3. The van der Waals surface area contributed by atoms with Crippen molar-refractivity contribution in [3.63, 3.8) is 0 Å². The smallest absolute Gasteiger partial charge is 0.330 e. The molecule has 1 unspecified atom stereocenters. The Morgan fingerprint density at radius 3 is 2.61 bits per heavy atom. The van der Waals surface area contributed by atoms with Crippen molar-refractivity contribution in [3.8, 4) is 18.1 Å². The lowest BCUT2D eigenvalue weighted by atomic mass is 9.88. The summed E-state index contributed by atoms with van der Waals surface area (Å²) in [6, 6.07) is 12.9. The number of ether oxygens (including phenoxy) is 2. The van der Waals surface area contributed by atoms with Gasteiger partial charge in [-0.05, 0) is 44.0 Å². The fourth-order valence-electron chi connectivity index (χ4n) is 4.36. The average Bonchev–Trinajstić information content (AvgIpc) is 2.92. The van der Waals surface area contributed by atoms with E-state index in [9.17, 15) is 24.6 Å². The van der Waals surface area contributed by atoms with Crippen LogP contribution in [0.3, 0.4) is 0 Å². The maximum Gasteiger partial charge on any atom is 0.330 e. The molecular formula is C27H30N3O9PS. The Balaban J connectivity index is 1.60. The lowest BCUT2D eigenvalue weighted by molar-refractivity contribution is -0.361. The second-order valence-electron chi connectivity index (χ2n) is 9.60. The number of aromatic nitrogens is 2. The Bertz CT molecular complexity index is 1630. The molecule has 1 saturated heterocycles. The maximum absolute atomic E-state index is 12.6. The van der Waals surface area contributed by atoms with Crippen LogP contribution in [0.25, 0.3) is 10.8 Å². The van der Waals surface area contributed by atoms with Gasteiger partial charge >= 0.3 is 18.3 Å². The third-order valence-corrected chi connectivity index (χ3v) is 8.79. The highest BCUT2D eigenvalue weighted by Gasteiger charge is 2.61. The van der Waals surface area contributed by atoms with Gasteiger partial charge in [0.2, 0.25) is 5.72 Å². The molecule has 12 nitrogen and oxygen atoms in total. The summed E-state index contributed by atoms with van der Waals surface area (Å²) >= 11 is 5.78. The van der Waals surface area contributed by atoms with Crippen molar-refractivity contribution in [3.05, 3.63) is 75.6 Å². The summed E-state index contributed by atoms with van der Waals surface area (Å²) < 4.78 is 24.1. The monoisotopic (exact) mass is 603 g/mol. The van der Waals surface area contributed by atoms with Gasteiger partial charge < -0.3 is 28.7 Å². The summed E-state index contributed by atoms with van der Waals surface area (Å²) in [5.41, 5.74) is -3.73. The number of rotatable bonds is 11. The standard InChI is InChI=1S/C27H30N3O9PS/c1-5-22(31)27(30-14-13-23(32)28-26(30)35)24(33)21(38-27)15-36-40(41,29-17(4)25(34)37-16(2)3)39-20-12-8-10-18-9-6-7-11-19(18)20/h1,6-14,16-17,21-22,24,31,33H,15H2,2-4H3,(H,29,41)(H,28,32,35)/t17-,21+,22-,24+,27+,40?/m0/s1. The van der Waals surface area contributed by atoms with E-state index in [1.54, 1.807) is 32.9 Å². The molecule has 218 valence electrons. The van der Waals surface area contributed by atoms with Crippen LogP contribution in [-0.2, 0) is 36.3 Å². The Hall–Kier alpha value is -3.34. The van der Waals surface area contributed by atoms with Crippen molar-refractivity contribution in [2.45, 2.75) is 57.0 Å². The van der Waals surface area contributed by atoms with Gasteiger partial charge in [-0.25, -0.2) is 9.88 Å². The number of benzene rings is 2. The summed E-state index contributed by atoms with van der Waals surface area (Å²) in [5, 5.41) is 26.2. The lowest BCUT2D eigenvalue weighted by Crippen LogP contribution is -2.73. The average molecular weight is 604 g/mol. The molecule has 0 bridgehead atoms. The maximum atomic E-state index is 12.6. The van der Waals surface area contributed by atoms with Crippen LogP contribution in [0, 0.1) is 12.3 Å². The molecular weight excluding hydrogens is 573 g/mol. The molecule has 0 saturated carbocycles. The molecule has 4 rings (SSSR count). The van der Waals surface area contributed by atoms with Gasteiger partial charge in [-0.3, -0.25) is 19.1 Å². The van der Waals surface area contributed by atoms with Crippen molar-refractivity contribution in [1.29, 1.82) is 0 Å². The van der Waals surface area contributed by atoms with Crippen LogP contribution in [0.2, 0.25) is 0 Å². The van der Waals surface area contributed by atoms with Crippen LogP contribution in [0.5, 0.6) is 5.75 Å². The van der Waals surface area contributed by atoms with E-state index in [1.165, 1.54) is 0 Å². The van der Waals surface area contributed by atoms with E-state index in [1.807, 2.05) is 35.3 Å². The van der Waals surface area contributed by atoms with E-state index in [-0.39, 0.29) is 12.7 Å². The first-order valence-electron chi connectivity index (χ1n) is 12.6. The van der Waals surface area contributed by atoms with E-state index in [0.717, 1.165) is 27.6 Å². The van der Waals surface area contributed by atoms with E-state index in [4.69, 9.17) is 36.8 Å². The van der Waals surface area contributed by atoms with Gasteiger partial charge in [0.05, 0.1) is 12.7 Å². The molecule has 1 aliphatic heterocycles. The number of fused-ring (bicyclic) bond motifs is 1. The highest BCUT2D eigenvalue weighted by molar-refractivity contribution is 8.09. The molecule has 1 aromatic heterocycles. The molecule has 1 fully saturated rings. The summed E-state index contributed by atoms with van der Waals surface area (Å²) in [4.78, 5) is 38.6. The SMILES string of the molecule is C#C[C@H](O)[C@@]1(n2ccc(=O)[nH]c2=O)O[C@H](COP(=S)(N[C@@H](C)C(=O)OC(C)C)Oc2cccc3ccccc23)[C@H]1O. The highest BCUT2D eigenvalue weighted by atomic mass is 32.5. The predicted octanol–water partition coefficient (Wildman–Crippen LogP) is 1.35. The van der Waals surface area contributed by atoms with Gasteiger partial charge in [0.15, 0.2) is 6.10 Å². The minimum absolute atomic E-state index is 0.366. The van der Waals surface area contributed by atoms with E-state index >= 15 is 0 Å². The summed E-state index contributed by atoms with van der Waals surface area (Å²) in [7, 11) is 0. The molecule has 0 amide bonds. The third-order valence-electron chi connectivity index (χ3n) is 6.30. The van der Waals surface area contributed by atoms with Crippen LogP contribution >= 0.6 is 6.64 Å². The third kappa shape index (κ3) is 6.29. The zero-order valence-corrected chi connectivity index (χ0v) is 24.1. The van der Waals surface area contributed by atoms with E-state index < -0.39 is 53.9 Å². The fraction of sp³-hybridized carbons (Fsp3) is 0.370. The number of carbonyl (C=O) groups excluding carboxylic acids is 1. The quantitative estimate of drug-likeness (QED) is 0.142. The molecule has 0 radical (unpaired) electrons. The number of nitrogens with zero attached hydrogens (tertiary/aromatic N) is 1. The molecule has 6 atom stereocenters. The number of terminal acetylenes is 1. The number of esters is 1. The summed E-state index contributed by atoms with van der Waals surface area (Å²) in [6.07, 6.45) is 1.61. The van der Waals surface area contributed by atoms with Crippen LogP contribution in [0.15, 0.2) is 64.3 Å². The number of aliphatic hydroxyl groups is 2. The number of carbonyl (C=O) groups is 1. The minimum Gasteiger partial charge on any atom is -0.462 e. The number of H-pyrrole nitrogens is 1. The van der Waals surface area contributed by atoms with Crippen LogP contribution in [-0.4, -0.2) is 62.8 Å². The van der Waals surface area contributed by atoms with Gasteiger partial charge in [0, 0.05) is 17.6 Å². The topological polar surface area (TPSA) is 161 Å². The largest absolute Gasteiger partial charge is 0.462 e. The van der Waals surface area contributed by atoms with Gasteiger partial charge in [-0.2, -0.15) is 0 Å². The normalized spacial score (nSPS) is 23.1. The molecule has 1 aliphatic rings. The molecule has 41 heavy (non-hydrogen) atoms. The molecule has 4 N–H and O–H groups in total. The van der Waals surface area contributed by atoms with Crippen molar-refractivity contribution in [1.82, 2.24) is 14.6 Å². The number of aliphatic hydroxyl groups excluding tert-OH is 2. The Kier molecular flexibility index (Phi) is 9.16. The van der Waals surface area contributed by atoms with Crippen molar-refractivity contribution in [2.75, 3.05) is 6.61 Å². The number of nitrogens with one attached hydrogen (secondary N) is 2. The molecule has 14 heteroatoms. The Morgan fingerprint density at radius 1 is 1.24 bits per heavy atom. The van der Waals surface area contributed by atoms with Crippen molar-refractivity contribution >= 4 is 35.2 Å². The molecule has 2 aromatic carbocycles. The molecule has 3 aromatic rings. The van der Waals surface area contributed by atoms with Gasteiger partial charge in [-0.1, -0.05) is 42.3 Å². The predicted molar refractivity (Wildman–Crippen MR) is 154 cm³/mol. The van der Waals surface area contributed by atoms with Gasteiger partial charge in [0.1, 0.15) is 24.0 Å². The first-order chi connectivity index (χ1) is 19.4. The first kappa shape index (κ1) is 30.6. The number of hydrogen-bond acceptors (Lipinski definition) is 10. The van der Waals surface area contributed by atoms with Crippen LogP contribution < -0.4 is 20.9 Å². The summed E-state index contributed by atoms with van der Waals surface area (Å²) in [5.74, 6) is 1.87. The summed E-state index contributed by atoms with van der Waals surface area (Å²) in [6.45, 7) is 1.05. The van der Waals surface area contributed by atoms with Gasteiger partial charge in [0.25, 0.3) is 5.56 Å². The molecule has 2 heterocycles. The second kappa shape index (κ2) is 12.3. The minimum atomic E-state index is -3.55. The highest BCUT2D eigenvalue weighted by Crippen LogP contribution is 2.49. The second-order valence-corrected chi connectivity index (χ2v) is 12.7. The van der Waals surface area contributed by atoms with Gasteiger partial charge in [-0.15, -0.1) is 6.42 Å². The van der Waals surface area contributed by atoms with E-state index in [2.05, 4.69) is 11.0 Å². The zero-order chi connectivity index (χ0) is 29.9. The van der Waals surface area contributed by atoms with Crippen LogP contribution in [0.4, 0.5) is 0 Å².